The fraction of sp³-hybridized carbons (Fsp3) is 0.133. The standard InChI is InChI=1S/C15H15ClN4O3S/c16-10-5-2-1-4-9(10)11(18-15(17)23)8-13(21)19-20-14(22)12-6-3-7-24-12/h1-7,11H,8H2,(H,19,21)(H,20,22)(H3,17,18,23)/t11-/m0/s1. The molecule has 2 rings (SSSR count). The predicted molar refractivity (Wildman–Crippen MR) is 91.5 cm³/mol. The minimum atomic E-state index is -0.782. The van der Waals surface area contributed by atoms with Crippen molar-refractivity contribution in [3.05, 3.63) is 57.2 Å². The first-order valence-corrected chi connectivity index (χ1v) is 8.16. The molecule has 0 aliphatic carbocycles. The lowest BCUT2D eigenvalue weighted by Crippen LogP contribution is -2.43. The molecule has 5 N–H and O–H groups in total. The Hall–Kier alpha value is -2.58. The highest BCUT2D eigenvalue weighted by Crippen LogP contribution is 2.24. The maximum Gasteiger partial charge on any atom is 0.312 e. The van der Waals surface area contributed by atoms with Crippen molar-refractivity contribution in [1.82, 2.24) is 16.2 Å². The molecule has 24 heavy (non-hydrogen) atoms. The van der Waals surface area contributed by atoms with E-state index in [0.717, 1.165) is 0 Å². The van der Waals surface area contributed by atoms with Crippen molar-refractivity contribution < 1.29 is 14.4 Å². The maximum atomic E-state index is 12.0. The van der Waals surface area contributed by atoms with Gasteiger partial charge in [0.25, 0.3) is 5.91 Å². The summed E-state index contributed by atoms with van der Waals surface area (Å²) in [5, 5.41) is 4.61. The minimum Gasteiger partial charge on any atom is -0.352 e. The van der Waals surface area contributed by atoms with E-state index in [4.69, 9.17) is 17.3 Å². The van der Waals surface area contributed by atoms with E-state index in [-0.39, 0.29) is 6.42 Å². The molecule has 9 heteroatoms. The summed E-state index contributed by atoms with van der Waals surface area (Å²) in [6.45, 7) is 0. The van der Waals surface area contributed by atoms with Gasteiger partial charge in [-0.15, -0.1) is 11.3 Å². The number of nitrogens with two attached hydrogens (primary N) is 1. The summed E-state index contributed by atoms with van der Waals surface area (Å²) in [4.78, 5) is 35.4. The molecule has 0 radical (unpaired) electrons. The maximum absolute atomic E-state index is 12.0. The van der Waals surface area contributed by atoms with Gasteiger partial charge in [0, 0.05) is 5.02 Å². The van der Waals surface area contributed by atoms with Crippen LogP contribution in [-0.2, 0) is 4.79 Å². The van der Waals surface area contributed by atoms with Crippen molar-refractivity contribution in [2.45, 2.75) is 12.5 Å². The lowest BCUT2D eigenvalue weighted by atomic mass is 10.0. The van der Waals surface area contributed by atoms with Crippen LogP contribution >= 0.6 is 22.9 Å². The van der Waals surface area contributed by atoms with Crippen molar-refractivity contribution >= 4 is 40.8 Å². The summed E-state index contributed by atoms with van der Waals surface area (Å²) < 4.78 is 0. The Morgan fingerprint density at radius 2 is 1.88 bits per heavy atom. The van der Waals surface area contributed by atoms with Crippen molar-refractivity contribution in [3.63, 3.8) is 0 Å². The molecule has 4 amide bonds. The van der Waals surface area contributed by atoms with E-state index < -0.39 is 23.9 Å². The molecule has 0 saturated heterocycles. The number of primary amides is 1. The molecule has 1 aromatic carbocycles. The second kappa shape index (κ2) is 8.32. The lowest BCUT2D eigenvalue weighted by Gasteiger charge is -2.19. The van der Waals surface area contributed by atoms with Gasteiger partial charge in [0.1, 0.15) is 0 Å². The fourth-order valence-corrected chi connectivity index (χ4v) is 2.89. The number of carbonyl (C=O) groups excluding carboxylic acids is 3. The number of thiophene rings is 1. The van der Waals surface area contributed by atoms with Gasteiger partial charge in [0.05, 0.1) is 17.3 Å². The third kappa shape index (κ3) is 4.97. The number of benzene rings is 1. The Morgan fingerprint density at radius 3 is 2.50 bits per heavy atom. The van der Waals surface area contributed by atoms with Crippen LogP contribution in [0.2, 0.25) is 5.02 Å². The van der Waals surface area contributed by atoms with E-state index in [1.54, 1.807) is 41.8 Å². The molecule has 0 spiro atoms. The average Bonchev–Trinajstić information content (AvgIpc) is 3.06. The van der Waals surface area contributed by atoms with Gasteiger partial charge in [-0.1, -0.05) is 35.9 Å². The normalized spacial score (nSPS) is 11.4. The number of carbonyl (C=O) groups is 3. The Kier molecular flexibility index (Phi) is 6.16. The number of urea groups is 1. The molecule has 1 aromatic heterocycles. The number of halogens is 1. The molecular formula is C15H15ClN4O3S. The van der Waals surface area contributed by atoms with Crippen LogP contribution in [0.25, 0.3) is 0 Å². The van der Waals surface area contributed by atoms with E-state index in [1.807, 2.05) is 0 Å². The van der Waals surface area contributed by atoms with Crippen LogP contribution in [0.15, 0.2) is 41.8 Å². The lowest BCUT2D eigenvalue weighted by molar-refractivity contribution is -0.122. The predicted octanol–water partition coefficient (Wildman–Crippen LogP) is 1.96. The molecule has 1 heterocycles. The van der Waals surface area contributed by atoms with Crippen LogP contribution in [0, 0.1) is 0 Å². The second-order valence-corrected chi connectivity index (χ2v) is 6.12. The first kappa shape index (κ1) is 17.8. The van der Waals surface area contributed by atoms with E-state index in [9.17, 15) is 14.4 Å². The van der Waals surface area contributed by atoms with Crippen LogP contribution in [0.4, 0.5) is 4.79 Å². The average molecular weight is 367 g/mol. The molecule has 0 saturated carbocycles. The molecule has 1 atom stereocenters. The van der Waals surface area contributed by atoms with Crippen molar-refractivity contribution in [2.75, 3.05) is 0 Å². The van der Waals surface area contributed by atoms with Crippen LogP contribution in [0.5, 0.6) is 0 Å². The summed E-state index contributed by atoms with van der Waals surface area (Å²) in [5.41, 5.74) is 10.3. The van der Waals surface area contributed by atoms with E-state index >= 15 is 0 Å². The summed E-state index contributed by atoms with van der Waals surface area (Å²) >= 11 is 7.34. The SMILES string of the molecule is NC(=O)N[C@@H](CC(=O)NNC(=O)c1cccs1)c1ccccc1Cl. The summed E-state index contributed by atoms with van der Waals surface area (Å²) in [5.74, 6) is -0.922. The molecular weight excluding hydrogens is 352 g/mol. The van der Waals surface area contributed by atoms with Crippen molar-refractivity contribution in [1.29, 1.82) is 0 Å². The van der Waals surface area contributed by atoms with Gasteiger partial charge >= 0.3 is 6.03 Å². The molecule has 0 aliphatic heterocycles. The molecule has 0 fully saturated rings. The zero-order chi connectivity index (χ0) is 17.5. The number of nitrogens with one attached hydrogen (secondary N) is 3. The van der Waals surface area contributed by atoms with Crippen molar-refractivity contribution in [2.24, 2.45) is 5.73 Å². The first-order chi connectivity index (χ1) is 11.5. The Morgan fingerprint density at radius 1 is 1.12 bits per heavy atom. The quantitative estimate of drug-likeness (QED) is 0.606. The number of hydrogen-bond donors (Lipinski definition) is 4. The number of hydrazine groups is 1. The number of hydrogen-bond acceptors (Lipinski definition) is 4. The second-order valence-electron chi connectivity index (χ2n) is 4.77. The third-order valence-corrected chi connectivity index (χ3v) is 4.26. The van der Waals surface area contributed by atoms with Gasteiger partial charge in [0.15, 0.2) is 0 Å². The van der Waals surface area contributed by atoms with E-state index in [0.29, 0.717) is 15.5 Å². The van der Waals surface area contributed by atoms with Gasteiger partial charge in [-0.2, -0.15) is 0 Å². The largest absolute Gasteiger partial charge is 0.352 e. The minimum absolute atomic E-state index is 0.141. The molecule has 7 nitrogen and oxygen atoms in total. The van der Waals surface area contributed by atoms with Gasteiger partial charge in [-0.05, 0) is 23.1 Å². The third-order valence-electron chi connectivity index (χ3n) is 3.05. The smallest absolute Gasteiger partial charge is 0.312 e. The zero-order valence-corrected chi connectivity index (χ0v) is 14.0. The highest BCUT2D eigenvalue weighted by molar-refractivity contribution is 7.12. The van der Waals surface area contributed by atoms with Crippen LogP contribution in [-0.4, -0.2) is 17.8 Å². The highest BCUT2D eigenvalue weighted by Gasteiger charge is 2.20. The van der Waals surface area contributed by atoms with Crippen molar-refractivity contribution in [3.8, 4) is 0 Å². The summed E-state index contributed by atoms with van der Waals surface area (Å²) in [6, 6.07) is 8.65. The van der Waals surface area contributed by atoms with Crippen LogP contribution in [0.3, 0.4) is 0 Å². The topological polar surface area (TPSA) is 113 Å². The van der Waals surface area contributed by atoms with Gasteiger partial charge in [-0.25, -0.2) is 4.79 Å². The van der Waals surface area contributed by atoms with E-state index in [1.165, 1.54) is 11.3 Å². The summed E-state index contributed by atoms with van der Waals surface area (Å²) in [7, 11) is 0. The van der Waals surface area contributed by atoms with Gasteiger partial charge < -0.3 is 11.1 Å². The molecule has 126 valence electrons. The van der Waals surface area contributed by atoms with Gasteiger partial charge in [0.2, 0.25) is 5.91 Å². The van der Waals surface area contributed by atoms with Crippen LogP contribution in [0.1, 0.15) is 27.7 Å². The first-order valence-electron chi connectivity index (χ1n) is 6.90. The zero-order valence-electron chi connectivity index (χ0n) is 12.4. The highest BCUT2D eigenvalue weighted by atomic mass is 35.5. The monoisotopic (exact) mass is 366 g/mol. The number of amides is 4. The Labute approximate surface area is 147 Å². The molecule has 2 aromatic rings. The fourth-order valence-electron chi connectivity index (χ4n) is 2.00. The Bertz CT molecular complexity index is 736. The van der Waals surface area contributed by atoms with Crippen LogP contribution < -0.4 is 21.9 Å². The Balaban J connectivity index is 1.98. The summed E-state index contributed by atoms with van der Waals surface area (Å²) in [6.07, 6.45) is -0.141. The molecule has 0 bridgehead atoms. The molecule has 0 unspecified atom stereocenters. The number of rotatable bonds is 5. The van der Waals surface area contributed by atoms with E-state index in [2.05, 4.69) is 16.2 Å². The van der Waals surface area contributed by atoms with Gasteiger partial charge in [-0.3, -0.25) is 20.4 Å². The molecule has 0 aliphatic rings.